The predicted octanol–water partition coefficient (Wildman–Crippen LogP) is 16.3. The van der Waals surface area contributed by atoms with Crippen LogP contribution in [0.5, 0.6) is 0 Å². The zero-order valence-corrected chi connectivity index (χ0v) is 50.3. The van der Waals surface area contributed by atoms with Crippen molar-refractivity contribution in [2.75, 3.05) is 0 Å². The fraction of sp³-hybridized carbons (Fsp3) is 0.347. The molecule has 0 aliphatic heterocycles. The molecule has 1 aliphatic rings. The minimum absolute atomic E-state index is 0. The van der Waals surface area contributed by atoms with Crippen molar-refractivity contribution in [2.45, 2.75) is 172 Å². The minimum atomic E-state index is 0. The quantitative estimate of drug-likeness (QED) is 0.0758. The molecule has 0 saturated carbocycles. The Morgan fingerprint density at radius 1 is 0.385 bits per heavy atom. The summed E-state index contributed by atoms with van der Waals surface area (Å²) in [5, 5.41) is 2.62. The van der Waals surface area contributed by atoms with Crippen LogP contribution in [0, 0.1) is 13.8 Å². The van der Waals surface area contributed by atoms with Gasteiger partial charge in [-0.1, -0.05) is 216 Å². The molecule has 0 radical (unpaired) electrons. The zero-order valence-electron chi connectivity index (χ0n) is 49.5. The highest BCUT2D eigenvalue weighted by Gasteiger charge is 2.41. The number of benzene rings is 8. The van der Waals surface area contributed by atoms with Gasteiger partial charge in [0.25, 0.3) is 6.33 Å². The molecule has 4 atom stereocenters. The van der Waals surface area contributed by atoms with Crippen LogP contribution in [0.15, 0.2) is 140 Å². The smallest absolute Gasteiger partial charge is 0.255 e. The van der Waals surface area contributed by atoms with Crippen molar-refractivity contribution >= 4 is 10.8 Å². The Balaban J connectivity index is 0.00000740. The molecule has 1 aromatic heterocycles. The van der Waals surface area contributed by atoms with Gasteiger partial charge < -0.3 is 12.4 Å². The van der Waals surface area contributed by atoms with Crippen molar-refractivity contribution in [3.05, 3.63) is 240 Å². The molecule has 9 aromatic rings. The van der Waals surface area contributed by atoms with Crippen molar-refractivity contribution in [1.82, 2.24) is 4.57 Å². The Hall–Kier alpha value is -6.48. The number of aromatic nitrogens is 2. The lowest BCUT2D eigenvalue weighted by atomic mass is 9.82. The topological polar surface area (TPSA) is 8.81 Å². The molecule has 8 aromatic carbocycles. The maximum atomic E-state index is 2.69. The van der Waals surface area contributed by atoms with Gasteiger partial charge in [-0.25, -0.2) is 0 Å². The van der Waals surface area contributed by atoms with Gasteiger partial charge in [-0.2, -0.15) is 9.13 Å². The van der Waals surface area contributed by atoms with Crippen molar-refractivity contribution < 1.29 is 17.0 Å². The monoisotopic (exact) mass is 1050 g/mol. The van der Waals surface area contributed by atoms with Crippen molar-refractivity contribution in [2.24, 2.45) is 0 Å². The van der Waals surface area contributed by atoms with Gasteiger partial charge in [-0.3, -0.25) is 0 Å². The molecule has 0 N–H and O–H groups in total. The second-order valence-electron chi connectivity index (χ2n) is 22.9. The number of halogens is 1. The zero-order chi connectivity index (χ0) is 54.4. The van der Waals surface area contributed by atoms with Gasteiger partial charge in [0.05, 0.1) is 0 Å². The number of aryl methyl sites for hydroxylation is 10. The molecular weight excluding hydrogens is 964 g/mol. The van der Waals surface area contributed by atoms with E-state index < -0.39 is 0 Å². The molecule has 2 nitrogen and oxygen atoms in total. The standard InChI is InChI=1S/C75H85N2.ClH/c1-15-52-33-53(16-2)38-61(37-52)48(11)67-29-46(9)30-68(49(12)62-39-54(17-3)34-55(18-4)40-62)72(67)76-45-77(75-66-28-24-26-60-25-23-27-65(71(60)66)74(75)76)73-69(50(13)63-41-56(19-5)35-57(20-6)42-63)31-47(10)32-70(73)51(14)64-43-58(21-7)36-59(22-8)44-64;/h23-45,48-51H,15-22H2,1-14H3;1H/q+1;/p-1. The molecular formula is C75H85ClN2. The molecule has 4 unspecified atom stereocenters. The van der Waals surface area contributed by atoms with E-state index >= 15 is 0 Å². The van der Waals surface area contributed by atoms with E-state index in [1.807, 2.05) is 0 Å². The highest BCUT2D eigenvalue weighted by Crippen LogP contribution is 2.50. The summed E-state index contributed by atoms with van der Waals surface area (Å²) < 4.78 is 5.39. The molecule has 0 fully saturated rings. The second-order valence-corrected chi connectivity index (χ2v) is 22.9. The van der Waals surface area contributed by atoms with Crippen LogP contribution in [-0.2, 0) is 51.4 Å². The van der Waals surface area contributed by atoms with Gasteiger partial charge in [-0.15, -0.1) is 0 Å². The molecule has 1 aliphatic carbocycles. The van der Waals surface area contributed by atoms with Gasteiger partial charge in [0, 0.05) is 62.4 Å². The van der Waals surface area contributed by atoms with Crippen LogP contribution < -0.4 is 17.0 Å². The third-order valence-electron chi connectivity index (χ3n) is 17.9. The highest BCUT2D eigenvalue weighted by molar-refractivity contribution is 6.13. The van der Waals surface area contributed by atoms with Gasteiger partial charge in [0.15, 0.2) is 11.4 Å². The van der Waals surface area contributed by atoms with Crippen LogP contribution in [0.1, 0.15) is 207 Å². The van der Waals surface area contributed by atoms with E-state index in [0.29, 0.717) is 0 Å². The summed E-state index contributed by atoms with van der Waals surface area (Å²) in [7, 11) is 0. The van der Waals surface area contributed by atoms with Crippen LogP contribution in [0.25, 0.3) is 44.7 Å². The Kier molecular flexibility index (Phi) is 16.9. The van der Waals surface area contributed by atoms with Crippen LogP contribution in [0.3, 0.4) is 0 Å². The van der Waals surface area contributed by atoms with Gasteiger partial charge in [-0.05, 0) is 149 Å². The van der Waals surface area contributed by atoms with Crippen molar-refractivity contribution in [1.29, 1.82) is 0 Å². The molecule has 0 spiro atoms. The van der Waals surface area contributed by atoms with E-state index in [-0.39, 0.29) is 36.1 Å². The third-order valence-corrected chi connectivity index (χ3v) is 17.9. The first-order valence-corrected chi connectivity index (χ1v) is 29.7. The number of hydrogen-bond donors (Lipinski definition) is 0. The summed E-state index contributed by atoms with van der Waals surface area (Å²) in [6, 6.07) is 53.8. The first kappa shape index (κ1) is 56.2. The number of nitrogens with zero attached hydrogens (tertiary/aromatic N) is 2. The average molecular weight is 1050 g/mol. The fourth-order valence-corrected chi connectivity index (χ4v) is 13.1. The first-order chi connectivity index (χ1) is 37.2. The van der Waals surface area contributed by atoms with Gasteiger partial charge >= 0.3 is 0 Å². The van der Waals surface area contributed by atoms with E-state index in [0.717, 1.165) is 51.4 Å². The van der Waals surface area contributed by atoms with E-state index in [4.69, 9.17) is 0 Å². The minimum Gasteiger partial charge on any atom is -1.00 e. The summed E-state index contributed by atoms with van der Waals surface area (Å²) >= 11 is 0. The first-order valence-electron chi connectivity index (χ1n) is 29.7. The maximum absolute atomic E-state index is 2.69. The van der Waals surface area contributed by atoms with Crippen LogP contribution >= 0.6 is 0 Å². The lowest BCUT2D eigenvalue weighted by Gasteiger charge is -2.25. The molecule has 0 bridgehead atoms. The predicted molar refractivity (Wildman–Crippen MR) is 330 cm³/mol. The molecule has 402 valence electrons. The second kappa shape index (κ2) is 23.5. The Morgan fingerprint density at radius 3 is 1.03 bits per heavy atom. The molecule has 1 heterocycles. The summed E-state index contributed by atoms with van der Waals surface area (Å²) in [6.45, 7) is 33.0. The summed E-state index contributed by atoms with van der Waals surface area (Å²) in [5.41, 5.74) is 32.7. The van der Waals surface area contributed by atoms with E-state index in [1.165, 1.54) is 145 Å². The van der Waals surface area contributed by atoms with E-state index in [1.54, 1.807) is 0 Å². The maximum Gasteiger partial charge on any atom is 0.255 e. The number of fused-ring (bicyclic) bond motifs is 3. The SMILES string of the molecule is CCc1cc(CC)cc(C(C)c2cc(C)cc(C(C)c3cc(CC)cc(CC)c3)c2-n2c[n+](-c3c(C(C)c4cc(CC)cc(CC)c4)cc(C)cc3C(C)c3cc(CC)cc(CC)c3)c3c2-c2cccc4cccc-3c24)c1.[Cl-]. The molecule has 0 saturated heterocycles. The highest BCUT2D eigenvalue weighted by atomic mass is 35.5. The summed E-state index contributed by atoms with van der Waals surface area (Å²) in [4.78, 5) is 0. The average Bonchev–Trinajstić information content (AvgIpc) is 4.25. The van der Waals surface area contributed by atoms with Crippen LogP contribution in [0.2, 0.25) is 0 Å². The van der Waals surface area contributed by atoms with Gasteiger partial charge in [0.2, 0.25) is 0 Å². The molecule has 78 heavy (non-hydrogen) atoms. The van der Waals surface area contributed by atoms with Crippen LogP contribution in [-0.4, -0.2) is 4.57 Å². The molecule has 0 amide bonds. The lowest BCUT2D eigenvalue weighted by Crippen LogP contribution is -3.00. The normalized spacial score (nSPS) is 13.4. The summed E-state index contributed by atoms with van der Waals surface area (Å²) in [6.07, 6.45) is 10.7. The van der Waals surface area contributed by atoms with Crippen LogP contribution in [0.4, 0.5) is 0 Å². The Bertz CT molecular complexity index is 3190. The number of hydrogen-bond acceptors (Lipinski definition) is 0. The number of imidazole rings is 1. The molecule has 3 heteroatoms. The third kappa shape index (κ3) is 10.4. The molecule has 10 rings (SSSR count). The van der Waals surface area contributed by atoms with Crippen molar-refractivity contribution in [3.63, 3.8) is 0 Å². The largest absolute Gasteiger partial charge is 1.00 e. The van der Waals surface area contributed by atoms with E-state index in [9.17, 15) is 0 Å². The van der Waals surface area contributed by atoms with Crippen molar-refractivity contribution in [3.8, 4) is 33.9 Å². The Morgan fingerprint density at radius 2 is 0.692 bits per heavy atom. The van der Waals surface area contributed by atoms with E-state index in [2.05, 4.69) is 246 Å². The van der Waals surface area contributed by atoms with Gasteiger partial charge in [0.1, 0.15) is 11.4 Å². The lowest BCUT2D eigenvalue weighted by molar-refractivity contribution is -0.584. The fourth-order valence-electron chi connectivity index (χ4n) is 13.1. The Labute approximate surface area is 475 Å². The summed E-state index contributed by atoms with van der Waals surface area (Å²) in [5.74, 6) is 0.480. The number of rotatable bonds is 18.